The van der Waals surface area contributed by atoms with Crippen LogP contribution in [0.15, 0.2) is 42.9 Å². The number of benzene rings is 1. The maximum Gasteiger partial charge on any atom is 0.0948 e. The van der Waals surface area contributed by atoms with Gasteiger partial charge in [0.15, 0.2) is 0 Å². The van der Waals surface area contributed by atoms with Crippen molar-refractivity contribution in [2.45, 2.75) is 45.2 Å². The Morgan fingerprint density at radius 3 is 2.65 bits per heavy atom. The van der Waals surface area contributed by atoms with Gasteiger partial charge in [0.05, 0.1) is 24.3 Å². The first kappa shape index (κ1) is 13.4. The highest BCUT2D eigenvalue weighted by atomic mass is 15.1. The van der Waals surface area contributed by atoms with Crippen LogP contribution in [0.2, 0.25) is 0 Å². The van der Waals surface area contributed by atoms with E-state index >= 15 is 0 Å². The first-order chi connectivity index (χ1) is 9.68. The van der Waals surface area contributed by atoms with Gasteiger partial charge in [0, 0.05) is 6.54 Å². The van der Waals surface area contributed by atoms with E-state index in [-0.39, 0.29) is 6.04 Å². The third kappa shape index (κ3) is 2.63. The summed E-state index contributed by atoms with van der Waals surface area (Å²) in [5.41, 5.74) is 9.09. The van der Waals surface area contributed by atoms with Crippen LogP contribution in [0.25, 0.3) is 0 Å². The third-order valence-corrected chi connectivity index (χ3v) is 4.58. The van der Waals surface area contributed by atoms with Crippen molar-refractivity contribution >= 4 is 0 Å². The van der Waals surface area contributed by atoms with E-state index in [1.54, 1.807) is 0 Å². The highest BCUT2D eigenvalue weighted by Gasteiger charge is 2.30. The number of rotatable bonds is 4. The summed E-state index contributed by atoms with van der Waals surface area (Å²) in [6, 6.07) is 10.2. The standard InChI is InChI=1S/C17H23N3/c1-17(9-5-6-10-17)12-20-13-19-11-15(20)16(18)14-7-3-2-4-8-14/h2-4,7-8,11,13,16H,5-6,9-10,12,18H2,1H3. The molecule has 106 valence electrons. The van der Waals surface area contributed by atoms with Crippen molar-refractivity contribution in [1.29, 1.82) is 0 Å². The van der Waals surface area contributed by atoms with Gasteiger partial charge in [0.2, 0.25) is 0 Å². The molecule has 2 N–H and O–H groups in total. The number of nitrogens with two attached hydrogens (primary N) is 1. The molecule has 1 aliphatic carbocycles. The van der Waals surface area contributed by atoms with Gasteiger partial charge in [0.25, 0.3) is 0 Å². The monoisotopic (exact) mass is 269 g/mol. The van der Waals surface area contributed by atoms with Crippen LogP contribution in [-0.2, 0) is 6.54 Å². The van der Waals surface area contributed by atoms with E-state index in [0.29, 0.717) is 5.41 Å². The maximum absolute atomic E-state index is 6.42. The van der Waals surface area contributed by atoms with Crippen molar-refractivity contribution in [2.24, 2.45) is 11.1 Å². The normalized spacial score (nSPS) is 19.1. The Kier molecular flexibility index (Phi) is 3.62. The van der Waals surface area contributed by atoms with Crippen LogP contribution in [0, 0.1) is 5.41 Å². The molecule has 0 bridgehead atoms. The van der Waals surface area contributed by atoms with Crippen molar-refractivity contribution in [3.05, 3.63) is 54.1 Å². The maximum atomic E-state index is 6.42. The lowest BCUT2D eigenvalue weighted by molar-refractivity contribution is 0.277. The van der Waals surface area contributed by atoms with Gasteiger partial charge in [-0.1, -0.05) is 50.1 Å². The molecule has 0 aliphatic heterocycles. The minimum absolute atomic E-state index is 0.0938. The Balaban J connectivity index is 1.83. The van der Waals surface area contributed by atoms with E-state index in [1.807, 2.05) is 30.7 Å². The van der Waals surface area contributed by atoms with Crippen LogP contribution < -0.4 is 5.73 Å². The number of hydrogen-bond donors (Lipinski definition) is 1. The van der Waals surface area contributed by atoms with Crippen LogP contribution in [0.3, 0.4) is 0 Å². The molecule has 3 heteroatoms. The lowest BCUT2D eigenvalue weighted by Crippen LogP contribution is -2.23. The minimum atomic E-state index is -0.0938. The van der Waals surface area contributed by atoms with Gasteiger partial charge in [-0.25, -0.2) is 4.98 Å². The summed E-state index contributed by atoms with van der Waals surface area (Å²) in [6.45, 7) is 3.42. The smallest absolute Gasteiger partial charge is 0.0948 e. The summed E-state index contributed by atoms with van der Waals surface area (Å²) in [5, 5.41) is 0. The average Bonchev–Trinajstić information content (AvgIpc) is 3.09. The number of nitrogens with zero attached hydrogens (tertiary/aromatic N) is 2. The molecule has 1 saturated carbocycles. The minimum Gasteiger partial charge on any atom is -0.332 e. The summed E-state index contributed by atoms with van der Waals surface area (Å²) in [6.07, 6.45) is 9.17. The average molecular weight is 269 g/mol. The molecule has 0 amide bonds. The summed E-state index contributed by atoms with van der Waals surface area (Å²) in [5.74, 6) is 0. The Labute approximate surface area is 120 Å². The van der Waals surface area contributed by atoms with E-state index in [1.165, 1.54) is 25.7 Å². The van der Waals surface area contributed by atoms with E-state index in [9.17, 15) is 0 Å². The molecule has 1 heterocycles. The molecule has 1 aromatic heterocycles. The summed E-state index contributed by atoms with van der Waals surface area (Å²) in [4.78, 5) is 4.32. The molecule has 1 aromatic carbocycles. The van der Waals surface area contributed by atoms with Crippen molar-refractivity contribution in [3.63, 3.8) is 0 Å². The SMILES string of the molecule is CC1(Cn2cncc2C(N)c2ccccc2)CCCC1. The molecule has 0 saturated heterocycles. The fourth-order valence-corrected chi connectivity index (χ4v) is 3.35. The van der Waals surface area contributed by atoms with Crippen LogP contribution >= 0.6 is 0 Å². The Bertz CT molecular complexity index is 553. The van der Waals surface area contributed by atoms with Gasteiger partial charge in [-0.2, -0.15) is 0 Å². The molecule has 2 aromatic rings. The van der Waals surface area contributed by atoms with Crippen LogP contribution in [0.4, 0.5) is 0 Å². The molecule has 3 nitrogen and oxygen atoms in total. The molecule has 1 aliphatic rings. The van der Waals surface area contributed by atoms with Crippen molar-refractivity contribution in [2.75, 3.05) is 0 Å². The first-order valence-corrected chi connectivity index (χ1v) is 7.49. The van der Waals surface area contributed by atoms with Gasteiger partial charge in [-0.05, 0) is 23.8 Å². The number of imidazole rings is 1. The second-order valence-corrected chi connectivity index (χ2v) is 6.35. The lowest BCUT2D eigenvalue weighted by atomic mass is 9.88. The fraction of sp³-hybridized carbons (Fsp3) is 0.471. The van der Waals surface area contributed by atoms with Crippen molar-refractivity contribution in [3.8, 4) is 0 Å². The van der Waals surface area contributed by atoms with Gasteiger partial charge < -0.3 is 10.3 Å². The Morgan fingerprint density at radius 1 is 1.25 bits per heavy atom. The third-order valence-electron chi connectivity index (χ3n) is 4.58. The predicted octanol–water partition coefficient (Wildman–Crippen LogP) is 3.51. The molecule has 3 rings (SSSR count). The predicted molar refractivity (Wildman–Crippen MR) is 81.3 cm³/mol. The topological polar surface area (TPSA) is 43.8 Å². The van der Waals surface area contributed by atoms with E-state index in [4.69, 9.17) is 5.73 Å². The van der Waals surface area contributed by atoms with Crippen molar-refractivity contribution in [1.82, 2.24) is 9.55 Å². The zero-order chi connectivity index (χ0) is 14.0. The van der Waals surface area contributed by atoms with Crippen LogP contribution in [0.1, 0.15) is 49.9 Å². The molecule has 0 spiro atoms. The zero-order valence-corrected chi connectivity index (χ0v) is 12.1. The molecule has 1 atom stereocenters. The van der Waals surface area contributed by atoms with Gasteiger partial charge in [-0.15, -0.1) is 0 Å². The summed E-state index contributed by atoms with van der Waals surface area (Å²) < 4.78 is 2.25. The van der Waals surface area contributed by atoms with Crippen LogP contribution in [-0.4, -0.2) is 9.55 Å². The summed E-state index contributed by atoms with van der Waals surface area (Å²) in [7, 11) is 0. The highest BCUT2D eigenvalue weighted by molar-refractivity contribution is 5.26. The molecular formula is C17H23N3. The van der Waals surface area contributed by atoms with Gasteiger partial charge in [0.1, 0.15) is 0 Å². The second kappa shape index (κ2) is 5.41. The molecule has 1 unspecified atom stereocenters. The second-order valence-electron chi connectivity index (χ2n) is 6.35. The Morgan fingerprint density at radius 2 is 1.95 bits per heavy atom. The fourth-order valence-electron chi connectivity index (χ4n) is 3.35. The van der Waals surface area contributed by atoms with Gasteiger partial charge in [-0.3, -0.25) is 0 Å². The summed E-state index contributed by atoms with van der Waals surface area (Å²) >= 11 is 0. The number of hydrogen-bond acceptors (Lipinski definition) is 2. The van der Waals surface area contributed by atoms with Crippen LogP contribution in [0.5, 0.6) is 0 Å². The molecule has 1 fully saturated rings. The molecule has 0 radical (unpaired) electrons. The largest absolute Gasteiger partial charge is 0.332 e. The molecule has 20 heavy (non-hydrogen) atoms. The van der Waals surface area contributed by atoms with E-state index in [2.05, 4.69) is 28.6 Å². The zero-order valence-electron chi connectivity index (χ0n) is 12.1. The van der Waals surface area contributed by atoms with E-state index < -0.39 is 0 Å². The van der Waals surface area contributed by atoms with Crippen molar-refractivity contribution < 1.29 is 0 Å². The van der Waals surface area contributed by atoms with E-state index in [0.717, 1.165) is 17.8 Å². The lowest BCUT2D eigenvalue weighted by Gasteiger charge is -2.26. The quantitative estimate of drug-likeness (QED) is 0.923. The van der Waals surface area contributed by atoms with Gasteiger partial charge >= 0.3 is 0 Å². The molecular weight excluding hydrogens is 246 g/mol. The number of aromatic nitrogens is 2. The Hall–Kier alpha value is -1.61. The highest BCUT2D eigenvalue weighted by Crippen LogP contribution is 2.39. The first-order valence-electron chi connectivity index (χ1n) is 7.49.